The molecule has 140 valence electrons. The molecule has 7 nitrogen and oxygen atoms in total. The second-order valence-electron chi connectivity index (χ2n) is 6.79. The lowest BCUT2D eigenvalue weighted by atomic mass is 9.90. The summed E-state index contributed by atoms with van der Waals surface area (Å²) in [6.07, 6.45) is 4.78. The largest absolute Gasteiger partial charge is 0.496 e. The Morgan fingerprint density at radius 1 is 1.38 bits per heavy atom. The molecule has 0 aliphatic carbocycles. The molecule has 1 aliphatic rings. The van der Waals surface area contributed by atoms with E-state index < -0.39 is 12.1 Å². The molecule has 0 bridgehead atoms. The van der Waals surface area contributed by atoms with Crippen LogP contribution in [0.4, 0.5) is 0 Å². The predicted octanol–water partition coefficient (Wildman–Crippen LogP) is 2.07. The Kier molecular flexibility index (Phi) is 5.58. The van der Waals surface area contributed by atoms with Crippen LogP contribution in [0.5, 0.6) is 5.75 Å². The van der Waals surface area contributed by atoms with E-state index >= 15 is 0 Å². The Morgan fingerprint density at radius 3 is 2.69 bits per heavy atom. The number of imidazole rings is 1. The highest BCUT2D eigenvalue weighted by molar-refractivity contribution is 5.91. The Balaban J connectivity index is 1.60. The molecular weight excluding hydrogens is 334 g/mol. The van der Waals surface area contributed by atoms with E-state index in [1.54, 1.807) is 18.3 Å². The number of hydrogen-bond donors (Lipinski definition) is 2. The number of piperidine rings is 1. The van der Waals surface area contributed by atoms with E-state index in [4.69, 9.17) is 4.74 Å². The molecule has 0 unspecified atom stereocenters. The number of carbonyl (C=O) groups is 1. The van der Waals surface area contributed by atoms with Crippen LogP contribution in [-0.4, -0.2) is 50.8 Å². The number of rotatable bonds is 6. The number of aromatic nitrogens is 2. The van der Waals surface area contributed by atoms with E-state index in [-0.39, 0.29) is 11.5 Å². The number of likely N-dealkylation sites (tertiary alicyclic amines) is 1. The molecule has 2 N–H and O–H groups in total. The maximum absolute atomic E-state index is 11.4. The van der Waals surface area contributed by atoms with Gasteiger partial charge in [-0.1, -0.05) is 6.07 Å². The first-order valence-electron chi connectivity index (χ1n) is 8.77. The number of carboxylic acids is 1. The lowest BCUT2D eigenvalue weighted by Gasteiger charge is -2.34. The molecule has 1 atom stereocenters. The third-order valence-electron chi connectivity index (χ3n) is 5.10. The van der Waals surface area contributed by atoms with Gasteiger partial charge in [0.1, 0.15) is 23.2 Å². The van der Waals surface area contributed by atoms with Crippen LogP contribution in [0, 0.1) is 5.92 Å². The van der Waals surface area contributed by atoms with Gasteiger partial charge in [-0.2, -0.15) is 0 Å². The summed E-state index contributed by atoms with van der Waals surface area (Å²) in [4.78, 5) is 17.9. The van der Waals surface area contributed by atoms with Crippen molar-refractivity contribution in [3.05, 3.63) is 47.5 Å². The van der Waals surface area contributed by atoms with Crippen molar-refractivity contribution in [3.63, 3.8) is 0 Å². The number of ether oxygens (including phenoxy) is 1. The van der Waals surface area contributed by atoms with Gasteiger partial charge in [-0.3, -0.25) is 4.90 Å². The second kappa shape index (κ2) is 7.88. The number of benzene rings is 1. The fraction of sp³-hybridized carbons (Fsp3) is 0.474. The van der Waals surface area contributed by atoms with E-state index in [0.29, 0.717) is 18.1 Å². The summed E-state index contributed by atoms with van der Waals surface area (Å²) in [5.74, 6) is 0.293. The molecule has 1 aromatic carbocycles. The zero-order chi connectivity index (χ0) is 18.7. The fourth-order valence-electron chi connectivity index (χ4n) is 3.58. The first-order chi connectivity index (χ1) is 12.5. The number of carboxylic acid groups (broad SMARTS) is 1. The molecule has 1 fully saturated rings. The molecule has 0 spiro atoms. The maximum atomic E-state index is 11.4. The van der Waals surface area contributed by atoms with E-state index in [1.807, 2.05) is 23.9 Å². The van der Waals surface area contributed by atoms with Crippen LogP contribution in [-0.2, 0) is 13.6 Å². The Morgan fingerprint density at radius 2 is 2.12 bits per heavy atom. The Bertz CT molecular complexity index is 766. The predicted molar refractivity (Wildman–Crippen MR) is 96.1 cm³/mol. The van der Waals surface area contributed by atoms with Crippen LogP contribution in [0.1, 0.15) is 40.7 Å². The van der Waals surface area contributed by atoms with Gasteiger partial charge in [0.05, 0.1) is 7.11 Å². The van der Waals surface area contributed by atoms with Gasteiger partial charge in [0.2, 0.25) is 0 Å². The third kappa shape index (κ3) is 3.89. The summed E-state index contributed by atoms with van der Waals surface area (Å²) in [5.41, 5.74) is 1.14. The average Bonchev–Trinajstić information content (AvgIpc) is 3.07. The van der Waals surface area contributed by atoms with Crippen LogP contribution in [0.2, 0.25) is 0 Å². The summed E-state index contributed by atoms with van der Waals surface area (Å²) in [5, 5.41) is 19.9. The lowest BCUT2D eigenvalue weighted by Crippen LogP contribution is -2.35. The zero-order valence-electron chi connectivity index (χ0n) is 15.1. The quantitative estimate of drug-likeness (QED) is 0.821. The van der Waals surface area contributed by atoms with Crippen molar-refractivity contribution >= 4 is 5.97 Å². The third-order valence-corrected chi connectivity index (χ3v) is 5.10. The van der Waals surface area contributed by atoms with Crippen LogP contribution in [0.3, 0.4) is 0 Å². The topological polar surface area (TPSA) is 87.8 Å². The van der Waals surface area contributed by atoms with Crippen molar-refractivity contribution < 1.29 is 19.7 Å². The molecule has 1 saturated heterocycles. The van der Waals surface area contributed by atoms with Crippen LogP contribution in [0.15, 0.2) is 30.6 Å². The van der Waals surface area contributed by atoms with E-state index in [9.17, 15) is 15.0 Å². The Hall–Kier alpha value is -2.38. The molecule has 1 aromatic heterocycles. The number of aromatic carboxylic acids is 1. The van der Waals surface area contributed by atoms with Crippen LogP contribution in [0.25, 0.3) is 0 Å². The van der Waals surface area contributed by atoms with Gasteiger partial charge in [-0.25, -0.2) is 9.78 Å². The monoisotopic (exact) mass is 359 g/mol. The molecule has 1 aliphatic heterocycles. The lowest BCUT2D eigenvalue weighted by molar-refractivity contribution is 0.0491. The van der Waals surface area contributed by atoms with Gasteiger partial charge in [0.15, 0.2) is 0 Å². The molecule has 7 heteroatoms. The Labute approximate surface area is 152 Å². The SMILES string of the molecule is COc1ccc(CN2CCC([C@@H](O)c3nccn3C)CC2)cc1C(=O)O. The summed E-state index contributed by atoms with van der Waals surface area (Å²) in [6, 6.07) is 5.28. The first kappa shape index (κ1) is 18.4. The number of aliphatic hydroxyl groups is 1. The molecule has 2 heterocycles. The highest BCUT2D eigenvalue weighted by Gasteiger charge is 2.28. The highest BCUT2D eigenvalue weighted by Crippen LogP contribution is 2.30. The van der Waals surface area contributed by atoms with Gasteiger partial charge in [-0.15, -0.1) is 0 Å². The van der Waals surface area contributed by atoms with Gasteiger partial charge >= 0.3 is 5.97 Å². The number of aryl methyl sites for hydroxylation is 1. The summed E-state index contributed by atoms with van der Waals surface area (Å²) < 4.78 is 6.97. The van der Waals surface area contributed by atoms with Gasteiger partial charge < -0.3 is 19.5 Å². The van der Waals surface area contributed by atoms with Crippen molar-refractivity contribution in [2.24, 2.45) is 13.0 Å². The highest BCUT2D eigenvalue weighted by atomic mass is 16.5. The minimum atomic E-state index is -0.986. The van der Waals surface area contributed by atoms with Gasteiger partial charge in [0, 0.05) is 26.0 Å². The molecule has 0 saturated carbocycles. The van der Waals surface area contributed by atoms with Crippen LogP contribution < -0.4 is 4.74 Å². The van der Waals surface area contributed by atoms with Gasteiger partial charge in [0.25, 0.3) is 0 Å². The number of aliphatic hydroxyl groups excluding tert-OH is 1. The minimum Gasteiger partial charge on any atom is -0.496 e. The zero-order valence-corrected chi connectivity index (χ0v) is 15.1. The molecule has 0 radical (unpaired) electrons. The summed E-state index contributed by atoms with van der Waals surface area (Å²) in [6.45, 7) is 2.41. The minimum absolute atomic E-state index is 0.185. The number of nitrogens with zero attached hydrogens (tertiary/aromatic N) is 3. The molecule has 3 rings (SSSR count). The normalized spacial score (nSPS) is 17.2. The van der Waals surface area contributed by atoms with Gasteiger partial charge in [-0.05, 0) is 49.5 Å². The van der Waals surface area contributed by atoms with Crippen molar-refractivity contribution in [1.82, 2.24) is 14.5 Å². The van der Waals surface area contributed by atoms with E-state index in [1.165, 1.54) is 7.11 Å². The summed E-state index contributed by atoms with van der Waals surface area (Å²) in [7, 11) is 3.36. The molecular formula is C19H25N3O4. The summed E-state index contributed by atoms with van der Waals surface area (Å²) >= 11 is 0. The first-order valence-corrected chi connectivity index (χ1v) is 8.77. The van der Waals surface area contributed by atoms with E-state index in [2.05, 4.69) is 9.88 Å². The van der Waals surface area contributed by atoms with Crippen molar-refractivity contribution in [2.45, 2.75) is 25.5 Å². The molecule has 0 amide bonds. The van der Waals surface area contributed by atoms with E-state index in [0.717, 1.165) is 31.5 Å². The fourth-order valence-corrected chi connectivity index (χ4v) is 3.58. The standard InChI is InChI=1S/C19H25N3O4/c1-21-10-7-20-18(21)17(23)14-5-8-22(9-6-14)12-13-3-4-16(26-2)15(11-13)19(24)25/h3-4,7,10-11,14,17,23H,5-6,8-9,12H2,1-2H3,(H,24,25)/t17-/m1/s1. The number of methoxy groups -OCH3 is 1. The van der Waals surface area contributed by atoms with Crippen molar-refractivity contribution in [3.8, 4) is 5.75 Å². The average molecular weight is 359 g/mol. The van der Waals surface area contributed by atoms with Crippen molar-refractivity contribution in [1.29, 1.82) is 0 Å². The number of hydrogen-bond acceptors (Lipinski definition) is 5. The maximum Gasteiger partial charge on any atom is 0.339 e. The van der Waals surface area contributed by atoms with Crippen LogP contribution >= 0.6 is 0 Å². The molecule has 2 aromatic rings. The van der Waals surface area contributed by atoms with Crippen molar-refractivity contribution in [2.75, 3.05) is 20.2 Å². The molecule has 26 heavy (non-hydrogen) atoms. The second-order valence-corrected chi connectivity index (χ2v) is 6.79. The smallest absolute Gasteiger partial charge is 0.339 e.